The number of nitrogens with one attached hydrogen (secondary N) is 1. The highest BCUT2D eigenvalue weighted by Crippen LogP contribution is 2.14. The minimum absolute atomic E-state index is 0.832. The second-order valence-electron chi connectivity index (χ2n) is 4.75. The fourth-order valence-corrected chi connectivity index (χ4v) is 2.31. The van der Waals surface area contributed by atoms with E-state index in [0.29, 0.717) is 0 Å². The number of oxazole rings is 1. The van der Waals surface area contributed by atoms with Crippen LogP contribution >= 0.6 is 0 Å². The molecule has 1 aliphatic rings. The number of hydrogen-bond donors (Lipinski definition) is 1. The van der Waals surface area contributed by atoms with Crippen molar-refractivity contribution in [1.29, 1.82) is 0 Å². The van der Waals surface area contributed by atoms with Gasteiger partial charge in [0.1, 0.15) is 5.76 Å². The lowest BCUT2D eigenvalue weighted by molar-refractivity contribution is 0.232. The van der Waals surface area contributed by atoms with Gasteiger partial charge in [-0.25, -0.2) is 4.98 Å². The van der Waals surface area contributed by atoms with Crippen molar-refractivity contribution >= 4 is 0 Å². The number of rotatable bonds is 4. The van der Waals surface area contributed by atoms with Crippen LogP contribution in [0.2, 0.25) is 0 Å². The van der Waals surface area contributed by atoms with Crippen molar-refractivity contribution < 1.29 is 4.42 Å². The van der Waals surface area contributed by atoms with Gasteiger partial charge in [-0.1, -0.05) is 0 Å². The van der Waals surface area contributed by atoms with Crippen molar-refractivity contribution in [1.82, 2.24) is 15.2 Å². The van der Waals surface area contributed by atoms with Gasteiger partial charge in [0.05, 0.1) is 5.69 Å². The van der Waals surface area contributed by atoms with E-state index in [2.05, 4.69) is 22.2 Å². The Labute approximate surface area is 97.0 Å². The predicted octanol–water partition coefficient (Wildman–Crippen LogP) is 1.41. The monoisotopic (exact) mass is 223 g/mol. The highest BCUT2D eigenvalue weighted by Gasteiger charge is 2.16. The topological polar surface area (TPSA) is 41.3 Å². The Hall–Kier alpha value is -0.870. The summed E-state index contributed by atoms with van der Waals surface area (Å²) in [5.74, 6) is 1.77. The fraction of sp³-hybridized carbons (Fsp3) is 0.750. The maximum Gasteiger partial charge on any atom is 0.181 e. The zero-order valence-corrected chi connectivity index (χ0v) is 10.2. The van der Waals surface area contributed by atoms with E-state index in [0.717, 1.165) is 30.5 Å². The van der Waals surface area contributed by atoms with Crippen LogP contribution in [-0.2, 0) is 6.54 Å². The predicted molar refractivity (Wildman–Crippen MR) is 63.2 cm³/mol. The van der Waals surface area contributed by atoms with Gasteiger partial charge >= 0.3 is 0 Å². The summed E-state index contributed by atoms with van der Waals surface area (Å²) in [6, 6.07) is 0. The molecule has 90 valence electrons. The molecular formula is C12H21N3O. The largest absolute Gasteiger partial charge is 0.448 e. The molecule has 0 aliphatic carbocycles. The maximum absolute atomic E-state index is 5.21. The molecule has 0 saturated carbocycles. The lowest BCUT2D eigenvalue weighted by atomic mass is 9.98. The lowest BCUT2D eigenvalue weighted by Gasteiger charge is -2.27. The molecule has 0 spiro atoms. The molecule has 1 aliphatic heterocycles. The maximum atomic E-state index is 5.21. The fourth-order valence-electron chi connectivity index (χ4n) is 2.31. The first-order chi connectivity index (χ1) is 7.75. The van der Waals surface area contributed by atoms with Crippen molar-refractivity contribution in [2.75, 3.05) is 26.7 Å². The van der Waals surface area contributed by atoms with E-state index < -0.39 is 0 Å². The van der Waals surface area contributed by atoms with Gasteiger partial charge in [0.25, 0.3) is 0 Å². The second-order valence-corrected chi connectivity index (χ2v) is 4.75. The zero-order chi connectivity index (χ0) is 11.4. The van der Waals surface area contributed by atoms with Crippen molar-refractivity contribution in [2.45, 2.75) is 26.3 Å². The quantitative estimate of drug-likeness (QED) is 0.838. The summed E-state index contributed by atoms with van der Waals surface area (Å²) >= 11 is 0. The van der Waals surface area contributed by atoms with Gasteiger partial charge in [0, 0.05) is 13.1 Å². The number of nitrogens with zero attached hydrogens (tertiary/aromatic N) is 2. The third kappa shape index (κ3) is 3.06. The van der Waals surface area contributed by atoms with Gasteiger partial charge in [0.15, 0.2) is 6.39 Å². The van der Waals surface area contributed by atoms with Crippen LogP contribution in [0.3, 0.4) is 0 Å². The molecule has 0 amide bonds. The normalized spacial score (nSPS) is 18.2. The molecule has 2 heterocycles. The SMILES string of the molecule is Cc1ocnc1CN(C)CC1CCNCC1. The van der Waals surface area contributed by atoms with Crippen LogP contribution in [0.5, 0.6) is 0 Å². The summed E-state index contributed by atoms with van der Waals surface area (Å²) in [6.07, 6.45) is 4.12. The van der Waals surface area contributed by atoms with Crippen LogP contribution in [0.25, 0.3) is 0 Å². The van der Waals surface area contributed by atoms with E-state index >= 15 is 0 Å². The average Bonchev–Trinajstić information content (AvgIpc) is 2.66. The zero-order valence-electron chi connectivity index (χ0n) is 10.2. The Morgan fingerprint density at radius 2 is 2.25 bits per heavy atom. The van der Waals surface area contributed by atoms with Crippen molar-refractivity contribution in [3.8, 4) is 0 Å². The lowest BCUT2D eigenvalue weighted by Crippen LogP contribution is -2.34. The molecule has 0 unspecified atom stereocenters. The molecule has 1 N–H and O–H groups in total. The van der Waals surface area contributed by atoms with Gasteiger partial charge in [-0.2, -0.15) is 0 Å². The molecule has 1 fully saturated rings. The number of hydrogen-bond acceptors (Lipinski definition) is 4. The Kier molecular flexibility index (Phi) is 3.96. The van der Waals surface area contributed by atoms with Gasteiger partial charge in [-0.3, -0.25) is 0 Å². The first-order valence-electron chi connectivity index (χ1n) is 6.04. The van der Waals surface area contributed by atoms with Crippen LogP contribution in [0.4, 0.5) is 0 Å². The van der Waals surface area contributed by atoms with Crippen molar-refractivity contribution in [3.63, 3.8) is 0 Å². The van der Waals surface area contributed by atoms with Crippen LogP contribution < -0.4 is 5.32 Å². The number of piperidine rings is 1. The molecular weight excluding hydrogens is 202 g/mol. The van der Waals surface area contributed by atoms with E-state index in [-0.39, 0.29) is 0 Å². The number of aryl methyl sites for hydroxylation is 1. The van der Waals surface area contributed by atoms with Crippen LogP contribution in [0.1, 0.15) is 24.3 Å². The third-order valence-corrected chi connectivity index (χ3v) is 3.29. The minimum Gasteiger partial charge on any atom is -0.448 e. The summed E-state index contributed by atoms with van der Waals surface area (Å²) in [6.45, 7) is 6.37. The first kappa shape index (κ1) is 11.6. The molecule has 0 bridgehead atoms. The molecule has 2 rings (SSSR count). The third-order valence-electron chi connectivity index (χ3n) is 3.29. The van der Waals surface area contributed by atoms with E-state index in [9.17, 15) is 0 Å². The summed E-state index contributed by atoms with van der Waals surface area (Å²) in [7, 11) is 2.16. The first-order valence-corrected chi connectivity index (χ1v) is 6.04. The van der Waals surface area contributed by atoms with E-state index in [4.69, 9.17) is 4.42 Å². The van der Waals surface area contributed by atoms with Gasteiger partial charge in [-0.15, -0.1) is 0 Å². The van der Waals surface area contributed by atoms with E-state index in [1.165, 1.54) is 32.3 Å². The van der Waals surface area contributed by atoms with Gasteiger partial charge in [0.2, 0.25) is 0 Å². The molecule has 1 aromatic heterocycles. The van der Waals surface area contributed by atoms with Crippen LogP contribution in [0, 0.1) is 12.8 Å². The molecule has 0 aromatic carbocycles. The van der Waals surface area contributed by atoms with Crippen molar-refractivity contribution in [3.05, 3.63) is 17.8 Å². The molecule has 1 saturated heterocycles. The van der Waals surface area contributed by atoms with E-state index in [1.54, 1.807) is 0 Å². The summed E-state index contributed by atoms with van der Waals surface area (Å²) in [5.41, 5.74) is 1.07. The van der Waals surface area contributed by atoms with Crippen LogP contribution in [0.15, 0.2) is 10.8 Å². The standard InChI is InChI=1S/C12H21N3O/c1-10-12(14-9-16-10)8-15(2)7-11-3-5-13-6-4-11/h9,11,13H,3-8H2,1-2H3. The highest BCUT2D eigenvalue weighted by molar-refractivity contribution is 5.04. The Morgan fingerprint density at radius 3 is 2.88 bits per heavy atom. The molecule has 0 radical (unpaired) electrons. The molecule has 4 nitrogen and oxygen atoms in total. The Morgan fingerprint density at radius 1 is 1.50 bits per heavy atom. The molecule has 4 heteroatoms. The highest BCUT2D eigenvalue weighted by atomic mass is 16.3. The average molecular weight is 223 g/mol. The van der Waals surface area contributed by atoms with Crippen molar-refractivity contribution in [2.24, 2.45) is 5.92 Å². The summed E-state index contributed by atoms with van der Waals surface area (Å²) in [5, 5.41) is 3.40. The molecule has 0 atom stereocenters. The van der Waals surface area contributed by atoms with E-state index in [1.807, 2.05) is 6.92 Å². The Balaban J connectivity index is 1.79. The summed E-state index contributed by atoms with van der Waals surface area (Å²) in [4.78, 5) is 6.58. The second kappa shape index (κ2) is 5.46. The van der Waals surface area contributed by atoms with Crippen LogP contribution in [-0.4, -0.2) is 36.6 Å². The molecule has 1 aromatic rings. The summed E-state index contributed by atoms with van der Waals surface area (Å²) < 4.78 is 5.21. The van der Waals surface area contributed by atoms with Gasteiger partial charge in [-0.05, 0) is 45.8 Å². The Bertz CT molecular complexity index is 318. The minimum atomic E-state index is 0.832. The molecule has 16 heavy (non-hydrogen) atoms. The smallest absolute Gasteiger partial charge is 0.181 e. The van der Waals surface area contributed by atoms with Gasteiger partial charge < -0.3 is 14.6 Å². The number of aromatic nitrogens is 1.